The molecule has 0 aliphatic carbocycles. The van der Waals surface area contributed by atoms with Crippen molar-refractivity contribution in [3.8, 4) is 11.5 Å². The number of anilines is 1. The number of methoxy groups -OCH3 is 1. The number of hydrogen-bond donors (Lipinski definition) is 1. The number of unbranched alkanes of at least 4 members (excludes halogenated alkanes) is 2. The molecule has 2 heterocycles. The van der Waals surface area contributed by atoms with Gasteiger partial charge in [-0.3, -0.25) is 0 Å². The van der Waals surface area contributed by atoms with Crippen LogP contribution in [0.15, 0.2) is 34.6 Å². The molecule has 1 N–H and O–H groups in total. The van der Waals surface area contributed by atoms with Crippen molar-refractivity contribution in [1.82, 2.24) is 14.8 Å². The monoisotopic (exact) mass is 488 g/mol. The summed E-state index contributed by atoms with van der Waals surface area (Å²) >= 11 is 1.62. The van der Waals surface area contributed by atoms with Gasteiger partial charge in [0.25, 0.3) is 0 Å². The van der Waals surface area contributed by atoms with E-state index >= 15 is 0 Å². The average Bonchev–Trinajstić information content (AvgIpc) is 3.20. The Labute approximate surface area is 206 Å². The fourth-order valence-electron chi connectivity index (χ4n) is 3.65. The molecule has 0 bridgehead atoms. The normalized spacial score (nSPS) is 15.2. The number of rotatable bonds is 12. The predicted molar refractivity (Wildman–Crippen MR) is 135 cm³/mol. The molecule has 0 saturated heterocycles. The fourth-order valence-corrected chi connectivity index (χ4v) is 4.56. The predicted octanol–water partition coefficient (Wildman–Crippen LogP) is 5.60. The number of esters is 1. The third kappa shape index (κ3) is 6.05. The van der Waals surface area contributed by atoms with E-state index in [9.17, 15) is 4.79 Å². The van der Waals surface area contributed by atoms with E-state index in [-0.39, 0.29) is 12.1 Å². The molecule has 1 unspecified atom stereocenters. The number of carbonyl (C=O) groups excluding carboxylic acids is 1. The molecule has 8 nitrogen and oxygen atoms in total. The molecule has 1 aromatic heterocycles. The maximum absolute atomic E-state index is 13.2. The summed E-state index contributed by atoms with van der Waals surface area (Å²) in [6, 6.07) is 5.24. The Morgan fingerprint density at radius 3 is 2.65 bits per heavy atom. The number of aromatic nitrogens is 3. The Morgan fingerprint density at radius 2 is 1.97 bits per heavy atom. The Balaban J connectivity index is 2.03. The van der Waals surface area contributed by atoms with Crippen molar-refractivity contribution in [2.24, 2.45) is 0 Å². The minimum absolute atomic E-state index is 0.241. The van der Waals surface area contributed by atoms with Gasteiger partial charge in [-0.15, -0.1) is 5.10 Å². The zero-order valence-corrected chi connectivity index (χ0v) is 21.8. The Kier molecular flexibility index (Phi) is 9.27. The van der Waals surface area contributed by atoms with Crippen LogP contribution < -0.4 is 14.8 Å². The van der Waals surface area contributed by atoms with E-state index in [0.717, 1.165) is 37.0 Å². The van der Waals surface area contributed by atoms with Gasteiger partial charge in [-0.2, -0.15) is 4.98 Å². The van der Waals surface area contributed by atoms with E-state index in [1.165, 1.54) is 0 Å². The lowest BCUT2D eigenvalue weighted by molar-refractivity contribution is -0.143. The van der Waals surface area contributed by atoms with Crippen molar-refractivity contribution >= 4 is 23.7 Å². The molecular weight excluding hydrogens is 452 g/mol. The molecule has 3 rings (SSSR count). The highest BCUT2D eigenvalue weighted by molar-refractivity contribution is 7.99. The maximum atomic E-state index is 13.2. The summed E-state index contributed by atoms with van der Waals surface area (Å²) in [6.07, 6.45) is 3.97. The van der Waals surface area contributed by atoms with Crippen LogP contribution >= 0.6 is 11.8 Å². The summed E-state index contributed by atoms with van der Waals surface area (Å²) in [5.41, 5.74) is 2.04. The lowest BCUT2D eigenvalue weighted by atomic mass is 9.95. The molecule has 2 aromatic rings. The summed E-state index contributed by atoms with van der Waals surface area (Å²) in [4.78, 5) is 17.9. The van der Waals surface area contributed by atoms with Gasteiger partial charge in [0.2, 0.25) is 11.1 Å². The molecule has 9 heteroatoms. The van der Waals surface area contributed by atoms with E-state index in [2.05, 4.69) is 24.1 Å². The maximum Gasteiger partial charge on any atom is 0.338 e. The van der Waals surface area contributed by atoms with Gasteiger partial charge in [-0.1, -0.05) is 44.5 Å². The zero-order valence-electron chi connectivity index (χ0n) is 21.0. The van der Waals surface area contributed by atoms with Crippen LogP contribution in [0.3, 0.4) is 0 Å². The number of nitrogens with zero attached hydrogens (tertiary/aromatic N) is 3. The second-order valence-electron chi connectivity index (χ2n) is 8.50. The third-order valence-corrected chi connectivity index (χ3v) is 6.31. The van der Waals surface area contributed by atoms with Crippen molar-refractivity contribution in [3.63, 3.8) is 0 Å². The molecule has 186 valence electrons. The van der Waals surface area contributed by atoms with Gasteiger partial charge in [0.1, 0.15) is 6.04 Å². The number of allylic oxidation sites excluding steroid dienone is 1. The van der Waals surface area contributed by atoms with Crippen molar-refractivity contribution in [2.75, 3.05) is 24.8 Å². The highest BCUT2D eigenvalue weighted by Gasteiger charge is 2.36. The molecule has 0 saturated carbocycles. The molecule has 0 amide bonds. The van der Waals surface area contributed by atoms with Crippen LogP contribution in [0.1, 0.15) is 71.9 Å². The molecule has 1 atom stereocenters. The van der Waals surface area contributed by atoms with E-state index in [4.69, 9.17) is 19.3 Å². The Bertz CT molecular complexity index is 1020. The lowest BCUT2D eigenvalue weighted by Crippen LogP contribution is -2.30. The van der Waals surface area contributed by atoms with Crippen LogP contribution in [0.4, 0.5) is 5.95 Å². The summed E-state index contributed by atoms with van der Waals surface area (Å²) in [7, 11) is 1.62. The first-order chi connectivity index (χ1) is 16.4. The number of benzene rings is 1. The second kappa shape index (κ2) is 12.1. The highest BCUT2D eigenvalue weighted by Crippen LogP contribution is 2.40. The molecule has 1 aliphatic rings. The largest absolute Gasteiger partial charge is 0.493 e. The summed E-state index contributed by atoms with van der Waals surface area (Å²) in [5, 5.41) is 8.68. The van der Waals surface area contributed by atoms with Crippen LogP contribution in [0, 0.1) is 0 Å². The van der Waals surface area contributed by atoms with Crippen LogP contribution in [-0.2, 0) is 9.53 Å². The van der Waals surface area contributed by atoms with Crippen molar-refractivity contribution < 1.29 is 19.0 Å². The third-order valence-electron chi connectivity index (χ3n) is 5.38. The topological polar surface area (TPSA) is 87.5 Å². The van der Waals surface area contributed by atoms with Gasteiger partial charge < -0.3 is 19.5 Å². The first-order valence-electron chi connectivity index (χ1n) is 12.0. The molecule has 34 heavy (non-hydrogen) atoms. The fraction of sp³-hybridized carbons (Fsp3) is 0.560. The van der Waals surface area contributed by atoms with Crippen LogP contribution in [0.25, 0.3) is 0 Å². The van der Waals surface area contributed by atoms with Gasteiger partial charge in [-0.25, -0.2) is 9.48 Å². The number of hydrogen-bond acceptors (Lipinski definition) is 8. The van der Waals surface area contributed by atoms with Crippen molar-refractivity contribution in [1.29, 1.82) is 0 Å². The van der Waals surface area contributed by atoms with Gasteiger partial charge in [0.05, 0.1) is 25.4 Å². The van der Waals surface area contributed by atoms with Crippen molar-refractivity contribution in [2.45, 2.75) is 77.6 Å². The minimum atomic E-state index is -0.505. The zero-order chi connectivity index (χ0) is 24.7. The number of carbonyl (C=O) groups is 1. The molecule has 1 aliphatic heterocycles. The van der Waals surface area contributed by atoms with E-state index < -0.39 is 6.04 Å². The summed E-state index contributed by atoms with van der Waals surface area (Å²) in [5.74, 6) is 2.45. The van der Waals surface area contributed by atoms with Gasteiger partial charge in [-0.05, 0) is 51.3 Å². The molecule has 1 aromatic carbocycles. The van der Waals surface area contributed by atoms with Gasteiger partial charge in [0.15, 0.2) is 11.5 Å². The number of ether oxygens (including phenoxy) is 3. The molecule has 0 fully saturated rings. The minimum Gasteiger partial charge on any atom is -0.493 e. The van der Waals surface area contributed by atoms with Gasteiger partial charge >= 0.3 is 5.97 Å². The smallest absolute Gasteiger partial charge is 0.338 e. The van der Waals surface area contributed by atoms with Crippen LogP contribution in [0.2, 0.25) is 0 Å². The Morgan fingerprint density at radius 1 is 1.21 bits per heavy atom. The molecule has 0 spiro atoms. The number of fused-ring (bicyclic) bond motifs is 1. The number of thioether (sulfide) groups is 1. The van der Waals surface area contributed by atoms with Crippen LogP contribution in [-0.4, -0.2) is 46.3 Å². The van der Waals surface area contributed by atoms with Crippen molar-refractivity contribution in [3.05, 3.63) is 35.0 Å². The quantitative estimate of drug-likeness (QED) is 0.235. The summed E-state index contributed by atoms with van der Waals surface area (Å²) in [6.45, 7) is 10.5. The molecule has 0 radical (unpaired) electrons. The standard InChI is InChI=1S/C25H36N4O4S/c1-7-9-13-32-19-12-11-18(15-20(19)31-6)22-21(23(30)33-16(3)4)17(5)26-24-27-25(28-29(22)24)34-14-10-8-2/h11-12,15-16,22H,7-10,13-14H2,1-6H3,(H,26,27,28). The van der Waals surface area contributed by atoms with E-state index in [1.807, 2.05) is 39.0 Å². The summed E-state index contributed by atoms with van der Waals surface area (Å²) < 4.78 is 18.9. The highest BCUT2D eigenvalue weighted by atomic mass is 32.2. The van der Waals surface area contributed by atoms with E-state index in [1.54, 1.807) is 23.6 Å². The SMILES string of the molecule is CCCCOc1ccc(C2C(C(=O)OC(C)C)=C(C)Nc3nc(SCCCC)nn32)cc1OC. The van der Waals surface area contributed by atoms with Gasteiger partial charge in [0, 0.05) is 11.4 Å². The van der Waals surface area contributed by atoms with Crippen LogP contribution in [0.5, 0.6) is 11.5 Å². The Hall–Kier alpha value is -2.68. The second-order valence-corrected chi connectivity index (χ2v) is 9.56. The first-order valence-corrected chi connectivity index (χ1v) is 13.0. The van der Waals surface area contributed by atoms with E-state index in [0.29, 0.717) is 40.5 Å². The lowest BCUT2D eigenvalue weighted by Gasteiger charge is -2.29. The first kappa shape index (κ1) is 25.9. The number of nitrogens with one attached hydrogen (secondary N) is 1. The molecular formula is C25H36N4O4S. The average molecular weight is 489 g/mol.